The van der Waals surface area contributed by atoms with Crippen molar-refractivity contribution >= 4 is 23.3 Å². The summed E-state index contributed by atoms with van der Waals surface area (Å²) in [4.78, 5) is 37.0. The second kappa shape index (κ2) is 4.95. The van der Waals surface area contributed by atoms with Crippen LogP contribution in [-0.2, 0) is 9.59 Å². The molecule has 0 radical (unpaired) electrons. The summed E-state index contributed by atoms with van der Waals surface area (Å²) >= 11 is 0. The highest BCUT2D eigenvalue weighted by Crippen LogP contribution is 2.32. The van der Waals surface area contributed by atoms with Gasteiger partial charge in [0.05, 0.1) is 11.3 Å². The third-order valence-electron chi connectivity index (χ3n) is 3.04. The summed E-state index contributed by atoms with van der Waals surface area (Å²) < 4.78 is 13.4. The van der Waals surface area contributed by atoms with Crippen LogP contribution in [0.5, 0.6) is 0 Å². The molecule has 6 heteroatoms. The van der Waals surface area contributed by atoms with Gasteiger partial charge in [-0.3, -0.25) is 19.3 Å². The van der Waals surface area contributed by atoms with E-state index >= 15 is 0 Å². The molecule has 21 heavy (non-hydrogen) atoms. The minimum atomic E-state index is -0.803. The number of hydrogen-bond acceptors (Lipinski definition) is 3. The summed E-state index contributed by atoms with van der Waals surface area (Å²) in [5, 5.41) is 2.72. The van der Waals surface area contributed by atoms with Crippen LogP contribution in [0.2, 0.25) is 0 Å². The van der Waals surface area contributed by atoms with Crippen LogP contribution in [-0.4, -0.2) is 29.7 Å². The van der Waals surface area contributed by atoms with Crippen molar-refractivity contribution in [3.05, 3.63) is 29.1 Å². The number of anilines is 1. The van der Waals surface area contributed by atoms with Crippen molar-refractivity contribution in [2.24, 2.45) is 0 Å². The summed E-state index contributed by atoms with van der Waals surface area (Å²) in [5.41, 5.74) is 0.342. The van der Waals surface area contributed by atoms with Gasteiger partial charge in [0.25, 0.3) is 11.7 Å². The van der Waals surface area contributed by atoms with Crippen molar-refractivity contribution in [2.45, 2.75) is 33.2 Å². The maximum absolute atomic E-state index is 13.4. The standard InChI is InChI=1S/C15H17FN2O3/c1-8-5-9(16)6-10-12(8)18(14(21)13(10)20)7-11(19)17-15(2,3)4/h5-6H,7H2,1-4H3,(H,17,19). The largest absolute Gasteiger partial charge is 0.350 e. The lowest BCUT2D eigenvalue weighted by molar-refractivity contribution is -0.123. The number of Topliss-reactive ketones (excluding diaryl/α,β-unsaturated/α-hetero) is 1. The van der Waals surface area contributed by atoms with E-state index in [9.17, 15) is 18.8 Å². The second-order valence-corrected chi connectivity index (χ2v) is 6.14. The Morgan fingerprint density at radius 1 is 1.29 bits per heavy atom. The first-order valence-electron chi connectivity index (χ1n) is 6.57. The van der Waals surface area contributed by atoms with Crippen molar-refractivity contribution in [3.63, 3.8) is 0 Å². The van der Waals surface area contributed by atoms with Gasteiger partial charge in [0.15, 0.2) is 0 Å². The van der Waals surface area contributed by atoms with Gasteiger partial charge in [-0.25, -0.2) is 4.39 Å². The van der Waals surface area contributed by atoms with E-state index in [0.29, 0.717) is 11.3 Å². The number of ketones is 1. The second-order valence-electron chi connectivity index (χ2n) is 6.14. The van der Waals surface area contributed by atoms with Gasteiger partial charge in [-0.05, 0) is 45.4 Å². The molecule has 5 nitrogen and oxygen atoms in total. The van der Waals surface area contributed by atoms with Gasteiger partial charge in [0, 0.05) is 5.54 Å². The molecule has 0 aliphatic carbocycles. The van der Waals surface area contributed by atoms with Crippen molar-refractivity contribution < 1.29 is 18.8 Å². The van der Waals surface area contributed by atoms with Crippen LogP contribution in [0.3, 0.4) is 0 Å². The average Bonchev–Trinajstić information content (AvgIpc) is 2.52. The number of carbonyl (C=O) groups is 3. The fraction of sp³-hybridized carbons (Fsp3) is 0.400. The number of rotatable bonds is 2. The van der Waals surface area contributed by atoms with Crippen molar-refractivity contribution in [2.75, 3.05) is 11.4 Å². The van der Waals surface area contributed by atoms with E-state index in [1.54, 1.807) is 6.92 Å². The normalized spacial score (nSPS) is 14.4. The number of halogens is 1. The minimum Gasteiger partial charge on any atom is -0.350 e. The molecule has 1 aromatic rings. The molecule has 2 rings (SSSR count). The average molecular weight is 292 g/mol. The smallest absolute Gasteiger partial charge is 0.299 e. The Balaban J connectivity index is 2.34. The third kappa shape index (κ3) is 2.94. The highest BCUT2D eigenvalue weighted by atomic mass is 19.1. The summed E-state index contributed by atoms with van der Waals surface area (Å²) in [6.07, 6.45) is 0. The van der Waals surface area contributed by atoms with Crippen LogP contribution in [0.4, 0.5) is 10.1 Å². The molecule has 0 atom stereocenters. The van der Waals surface area contributed by atoms with Crippen molar-refractivity contribution in [1.82, 2.24) is 5.32 Å². The first kappa shape index (κ1) is 15.2. The number of aryl methyl sites for hydroxylation is 1. The van der Waals surface area contributed by atoms with Crippen LogP contribution in [0, 0.1) is 12.7 Å². The van der Waals surface area contributed by atoms with E-state index in [-0.39, 0.29) is 18.0 Å². The number of amides is 2. The monoisotopic (exact) mass is 292 g/mol. The maximum atomic E-state index is 13.4. The van der Waals surface area contributed by atoms with Gasteiger partial charge in [-0.2, -0.15) is 0 Å². The lowest BCUT2D eigenvalue weighted by atomic mass is 10.1. The summed E-state index contributed by atoms with van der Waals surface area (Å²) in [6, 6.07) is 2.27. The lowest BCUT2D eigenvalue weighted by Crippen LogP contribution is -2.47. The predicted molar refractivity (Wildman–Crippen MR) is 75.7 cm³/mol. The summed E-state index contributed by atoms with van der Waals surface area (Å²) in [7, 11) is 0. The molecule has 1 aromatic carbocycles. The van der Waals surface area contributed by atoms with E-state index in [2.05, 4.69) is 5.32 Å². The molecule has 1 aliphatic heterocycles. The fourth-order valence-corrected chi connectivity index (χ4v) is 2.36. The van der Waals surface area contributed by atoms with Gasteiger partial charge in [-0.1, -0.05) is 0 Å². The van der Waals surface area contributed by atoms with Crippen LogP contribution in [0.25, 0.3) is 0 Å². The number of nitrogens with zero attached hydrogens (tertiary/aromatic N) is 1. The summed E-state index contributed by atoms with van der Waals surface area (Å²) in [5.74, 6) is -2.53. The topological polar surface area (TPSA) is 66.5 Å². The lowest BCUT2D eigenvalue weighted by Gasteiger charge is -2.23. The molecule has 0 saturated carbocycles. The fourth-order valence-electron chi connectivity index (χ4n) is 2.36. The zero-order valence-corrected chi connectivity index (χ0v) is 12.4. The van der Waals surface area contributed by atoms with Crippen LogP contribution in [0.1, 0.15) is 36.7 Å². The molecule has 0 spiro atoms. The predicted octanol–water partition coefficient (Wildman–Crippen LogP) is 1.58. The van der Waals surface area contributed by atoms with Crippen LogP contribution >= 0.6 is 0 Å². The Kier molecular flexibility index (Phi) is 3.57. The van der Waals surface area contributed by atoms with E-state index < -0.39 is 23.0 Å². The molecular formula is C15H17FN2O3. The Morgan fingerprint density at radius 2 is 1.90 bits per heavy atom. The molecule has 112 valence electrons. The molecule has 1 aliphatic rings. The van der Waals surface area contributed by atoms with E-state index in [1.807, 2.05) is 20.8 Å². The van der Waals surface area contributed by atoms with Crippen LogP contribution in [0.15, 0.2) is 12.1 Å². The van der Waals surface area contributed by atoms with E-state index in [4.69, 9.17) is 0 Å². The molecule has 0 aromatic heterocycles. The molecule has 2 amide bonds. The molecule has 1 N–H and O–H groups in total. The van der Waals surface area contributed by atoms with E-state index in [0.717, 1.165) is 11.0 Å². The number of carbonyl (C=O) groups excluding carboxylic acids is 3. The minimum absolute atomic E-state index is 0.0149. The van der Waals surface area contributed by atoms with Crippen molar-refractivity contribution in [1.29, 1.82) is 0 Å². The van der Waals surface area contributed by atoms with Gasteiger partial charge < -0.3 is 5.32 Å². The number of fused-ring (bicyclic) bond motifs is 1. The maximum Gasteiger partial charge on any atom is 0.299 e. The SMILES string of the molecule is Cc1cc(F)cc2c1N(CC(=O)NC(C)(C)C)C(=O)C2=O. The first-order chi connectivity index (χ1) is 9.60. The molecule has 0 saturated heterocycles. The van der Waals surface area contributed by atoms with Crippen molar-refractivity contribution in [3.8, 4) is 0 Å². The quantitative estimate of drug-likeness (QED) is 0.842. The summed E-state index contributed by atoms with van der Waals surface area (Å²) in [6.45, 7) is 6.78. The van der Waals surface area contributed by atoms with Gasteiger partial charge >= 0.3 is 0 Å². The third-order valence-corrected chi connectivity index (χ3v) is 3.04. The van der Waals surface area contributed by atoms with Gasteiger partial charge in [0.2, 0.25) is 5.91 Å². The van der Waals surface area contributed by atoms with Gasteiger partial charge in [0.1, 0.15) is 12.4 Å². The number of nitrogens with one attached hydrogen (secondary N) is 1. The molecule has 0 unspecified atom stereocenters. The van der Waals surface area contributed by atoms with Gasteiger partial charge in [-0.15, -0.1) is 0 Å². The Morgan fingerprint density at radius 3 is 2.48 bits per heavy atom. The number of benzene rings is 1. The van der Waals surface area contributed by atoms with E-state index in [1.165, 1.54) is 6.07 Å². The highest BCUT2D eigenvalue weighted by molar-refractivity contribution is 6.52. The molecular weight excluding hydrogens is 275 g/mol. The van der Waals surface area contributed by atoms with Crippen LogP contribution < -0.4 is 10.2 Å². The Bertz CT molecular complexity index is 647. The zero-order valence-electron chi connectivity index (χ0n) is 12.4. The molecule has 0 fully saturated rings. The first-order valence-corrected chi connectivity index (χ1v) is 6.57. The Labute approximate surface area is 122 Å². The molecule has 1 heterocycles. The molecule has 0 bridgehead atoms. The zero-order chi connectivity index (χ0) is 15.9. The highest BCUT2D eigenvalue weighted by Gasteiger charge is 2.38. The number of hydrogen-bond donors (Lipinski definition) is 1. The Hall–Kier alpha value is -2.24.